The quantitative estimate of drug-likeness (QED) is 0.237. The van der Waals surface area contributed by atoms with Gasteiger partial charge < -0.3 is 9.47 Å². The third kappa shape index (κ3) is 7.92. The number of hydrogen-bond acceptors (Lipinski definition) is 2. The highest BCUT2D eigenvalue weighted by Gasteiger charge is 2.44. The molecule has 4 rings (SSSR count). The largest absolute Gasteiger partial charge is 0.573 e. The van der Waals surface area contributed by atoms with Crippen molar-refractivity contribution in [3.05, 3.63) is 71.3 Å². The summed E-state index contributed by atoms with van der Waals surface area (Å²) in [6.45, 7) is 1.86. The second-order valence-electron chi connectivity index (χ2n) is 10.6. The first-order valence-electron chi connectivity index (χ1n) is 13.5. The van der Waals surface area contributed by atoms with Crippen LogP contribution in [0.25, 0.3) is 0 Å². The third-order valence-electron chi connectivity index (χ3n) is 7.94. The van der Waals surface area contributed by atoms with Crippen molar-refractivity contribution in [1.29, 1.82) is 0 Å². The average molecular weight is 559 g/mol. The highest BCUT2D eigenvalue weighted by Crippen LogP contribution is 2.42. The van der Waals surface area contributed by atoms with Gasteiger partial charge in [-0.3, -0.25) is 0 Å². The van der Waals surface area contributed by atoms with Gasteiger partial charge >= 0.3 is 12.5 Å². The van der Waals surface area contributed by atoms with Crippen LogP contribution in [0.3, 0.4) is 0 Å². The Bertz CT molecular complexity index is 1090. The molecular formula is C30H33F7O2. The fourth-order valence-corrected chi connectivity index (χ4v) is 5.74. The smallest absolute Gasteiger partial charge is 0.432 e. The molecule has 9 heteroatoms. The molecule has 39 heavy (non-hydrogen) atoms. The number of benzene rings is 2. The van der Waals surface area contributed by atoms with E-state index in [4.69, 9.17) is 4.74 Å². The Labute approximate surface area is 224 Å². The van der Waals surface area contributed by atoms with Crippen LogP contribution in [0.2, 0.25) is 0 Å². The topological polar surface area (TPSA) is 18.5 Å². The summed E-state index contributed by atoms with van der Waals surface area (Å²) in [6.07, 6.45) is 1.22. The molecule has 0 N–H and O–H groups in total. The summed E-state index contributed by atoms with van der Waals surface area (Å²) in [5.41, 5.74) is 0.847. The number of aryl methyl sites for hydroxylation is 1. The number of alkyl halides is 5. The van der Waals surface area contributed by atoms with Gasteiger partial charge in [0.1, 0.15) is 23.1 Å². The van der Waals surface area contributed by atoms with Crippen LogP contribution in [-0.4, -0.2) is 12.5 Å². The monoisotopic (exact) mass is 558 g/mol. The van der Waals surface area contributed by atoms with E-state index in [1.807, 2.05) is 6.92 Å². The second kappa shape index (κ2) is 12.2. The van der Waals surface area contributed by atoms with E-state index in [0.717, 1.165) is 37.1 Å². The maximum Gasteiger partial charge on any atom is 0.573 e. The Morgan fingerprint density at radius 2 is 1.18 bits per heavy atom. The molecule has 2 aliphatic carbocycles. The van der Waals surface area contributed by atoms with E-state index >= 15 is 0 Å². The zero-order valence-corrected chi connectivity index (χ0v) is 21.8. The summed E-state index contributed by atoms with van der Waals surface area (Å²) in [4.78, 5) is 0. The molecule has 214 valence electrons. The van der Waals surface area contributed by atoms with E-state index in [0.29, 0.717) is 43.6 Å². The highest BCUT2D eigenvalue weighted by molar-refractivity contribution is 5.32. The van der Waals surface area contributed by atoms with Crippen LogP contribution in [0.15, 0.2) is 48.6 Å². The Morgan fingerprint density at radius 1 is 0.718 bits per heavy atom. The fourth-order valence-electron chi connectivity index (χ4n) is 5.74. The van der Waals surface area contributed by atoms with Crippen molar-refractivity contribution in [3.8, 4) is 11.5 Å². The Balaban J connectivity index is 1.23. The summed E-state index contributed by atoms with van der Waals surface area (Å²) in [5.74, 6) is -2.32. The van der Waals surface area contributed by atoms with Crippen LogP contribution in [0, 0.1) is 29.4 Å². The zero-order chi connectivity index (χ0) is 28.2. The van der Waals surface area contributed by atoms with Crippen molar-refractivity contribution in [2.75, 3.05) is 0 Å². The lowest BCUT2D eigenvalue weighted by atomic mass is 9.76. The van der Waals surface area contributed by atoms with Crippen LogP contribution >= 0.6 is 0 Å². The molecular weight excluding hydrogens is 525 g/mol. The minimum Gasteiger partial charge on any atom is -0.432 e. The molecule has 0 saturated heterocycles. The molecule has 0 aromatic heterocycles. The van der Waals surface area contributed by atoms with Gasteiger partial charge in [0.2, 0.25) is 0 Å². The van der Waals surface area contributed by atoms with E-state index in [2.05, 4.69) is 16.9 Å². The van der Waals surface area contributed by atoms with E-state index in [1.165, 1.54) is 12.1 Å². The molecule has 0 heterocycles. The number of ether oxygens (including phenoxy) is 2. The van der Waals surface area contributed by atoms with Gasteiger partial charge in [0.05, 0.1) is 5.92 Å². The van der Waals surface area contributed by atoms with Crippen LogP contribution in [-0.2, 0) is 6.42 Å². The molecule has 0 unspecified atom stereocenters. The fraction of sp³-hybridized carbons (Fsp3) is 0.533. The van der Waals surface area contributed by atoms with Crippen LogP contribution in [0.5, 0.6) is 11.5 Å². The molecule has 0 amide bonds. The molecule has 0 aliphatic heterocycles. The molecule has 2 aromatic rings. The van der Waals surface area contributed by atoms with Gasteiger partial charge in [-0.25, -0.2) is 8.78 Å². The lowest BCUT2D eigenvalue weighted by Gasteiger charge is -2.33. The molecule has 2 saturated carbocycles. The maximum absolute atomic E-state index is 14.7. The van der Waals surface area contributed by atoms with E-state index in [9.17, 15) is 30.7 Å². The summed E-state index contributed by atoms with van der Waals surface area (Å²) in [5, 5.41) is 0. The van der Waals surface area contributed by atoms with Gasteiger partial charge in [0.25, 0.3) is 0 Å². The lowest BCUT2D eigenvalue weighted by molar-refractivity contribution is -0.274. The summed E-state index contributed by atoms with van der Waals surface area (Å²) in [6, 6.07) is 6.78. The van der Waals surface area contributed by atoms with Gasteiger partial charge in [0, 0.05) is 5.56 Å². The molecule has 2 nitrogen and oxygen atoms in total. The van der Waals surface area contributed by atoms with Gasteiger partial charge in [-0.2, -0.15) is 8.78 Å². The Morgan fingerprint density at radius 3 is 1.64 bits per heavy atom. The maximum atomic E-state index is 14.7. The van der Waals surface area contributed by atoms with Crippen molar-refractivity contribution in [2.45, 2.75) is 83.1 Å². The van der Waals surface area contributed by atoms with Crippen molar-refractivity contribution in [2.24, 2.45) is 17.8 Å². The van der Waals surface area contributed by atoms with Crippen molar-refractivity contribution < 1.29 is 40.2 Å². The summed E-state index contributed by atoms with van der Waals surface area (Å²) < 4.78 is 104. The Kier molecular flexibility index (Phi) is 9.17. The average Bonchev–Trinajstić information content (AvgIpc) is 2.88. The SMILES string of the molecule is CCc1cc(F)c(C2CCC(/C=C/C3CCC(C(F)(F)Oc4ccc(OC(F)(F)F)cc4)CC3)CC2)c(F)c1. The molecule has 0 atom stereocenters. The zero-order valence-electron chi connectivity index (χ0n) is 21.8. The molecule has 2 aromatic carbocycles. The van der Waals surface area contributed by atoms with Gasteiger partial charge in [-0.1, -0.05) is 19.1 Å². The van der Waals surface area contributed by atoms with E-state index < -0.39 is 35.8 Å². The van der Waals surface area contributed by atoms with Crippen molar-refractivity contribution in [3.63, 3.8) is 0 Å². The number of halogens is 7. The predicted molar refractivity (Wildman–Crippen MR) is 134 cm³/mol. The summed E-state index contributed by atoms with van der Waals surface area (Å²) >= 11 is 0. The van der Waals surface area contributed by atoms with Crippen molar-refractivity contribution >= 4 is 0 Å². The minimum atomic E-state index is -4.86. The molecule has 0 radical (unpaired) electrons. The number of rotatable bonds is 8. The third-order valence-corrected chi connectivity index (χ3v) is 7.94. The van der Waals surface area contributed by atoms with Crippen LogP contribution < -0.4 is 9.47 Å². The Hall–Kier alpha value is -2.71. The first-order chi connectivity index (χ1) is 18.4. The molecule has 2 aliphatic rings. The normalized spacial score (nSPS) is 24.6. The van der Waals surface area contributed by atoms with Gasteiger partial charge in [-0.15, -0.1) is 13.2 Å². The molecule has 0 spiro atoms. The van der Waals surface area contributed by atoms with E-state index in [-0.39, 0.29) is 36.0 Å². The van der Waals surface area contributed by atoms with Gasteiger partial charge in [0.15, 0.2) is 0 Å². The highest BCUT2D eigenvalue weighted by atomic mass is 19.4. The standard InChI is InChI=1S/C30H33F7O2/c1-2-19-17-26(31)28(27(32)18-19)22-9-5-20(6-10-22)3-4-21-7-11-23(12-8-21)29(33,34)38-24-13-15-25(16-14-24)39-30(35,36)37/h3-4,13-18,20-23H,2,5-12H2,1H3/b4-3+. The molecule has 0 bridgehead atoms. The minimum absolute atomic E-state index is 0.133. The lowest BCUT2D eigenvalue weighted by Crippen LogP contribution is -2.37. The van der Waals surface area contributed by atoms with Gasteiger partial charge in [-0.05, 0) is 118 Å². The van der Waals surface area contributed by atoms with Crippen LogP contribution in [0.4, 0.5) is 30.7 Å². The predicted octanol–water partition coefficient (Wildman–Crippen LogP) is 9.73. The number of hydrogen-bond donors (Lipinski definition) is 0. The summed E-state index contributed by atoms with van der Waals surface area (Å²) in [7, 11) is 0. The molecule has 2 fully saturated rings. The van der Waals surface area contributed by atoms with E-state index in [1.54, 1.807) is 0 Å². The van der Waals surface area contributed by atoms with Crippen LogP contribution in [0.1, 0.15) is 75.3 Å². The van der Waals surface area contributed by atoms with Crippen molar-refractivity contribution in [1.82, 2.24) is 0 Å². The second-order valence-corrected chi connectivity index (χ2v) is 10.6. The number of allylic oxidation sites excluding steroid dienone is 2. The first-order valence-corrected chi connectivity index (χ1v) is 13.5. The first kappa shape index (κ1) is 29.3.